The summed E-state index contributed by atoms with van der Waals surface area (Å²) in [5.41, 5.74) is 10.4. The van der Waals surface area contributed by atoms with Gasteiger partial charge in [0, 0.05) is 72.2 Å². The largest absolute Gasteiger partial charge is 0.478 e. The number of amides is 5. The van der Waals surface area contributed by atoms with E-state index < -0.39 is 78.5 Å². The van der Waals surface area contributed by atoms with E-state index in [0.717, 1.165) is 108 Å². The molecule has 20 rings (SSSR count). The van der Waals surface area contributed by atoms with Crippen molar-refractivity contribution >= 4 is 35.5 Å². The highest BCUT2D eigenvalue weighted by atomic mass is 16.7. The molecule has 127 heavy (non-hydrogen) atoms. The monoisotopic (exact) mass is 1750 g/mol. The summed E-state index contributed by atoms with van der Waals surface area (Å²) < 4.78 is 0. The van der Waals surface area contributed by atoms with Crippen molar-refractivity contribution in [1.82, 2.24) is 52.4 Å². The van der Waals surface area contributed by atoms with Gasteiger partial charge < -0.3 is 73.0 Å². The van der Waals surface area contributed by atoms with Gasteiger partial charge in [0.05, 0.1) is 63.3 Å². The van der Waals surface area contributed by atoms with Crippen LogP contribution in [0.25, 0.3) is 33.4 Å². The molecular formula is C101H136N10O16. The van der Waals surface area contributed by atoms with Crippen LogP contribution in [0.2, 0.25) is 0 Å². The molecule has 6 aromatic carbocycles. The van der Waals surface area contributed by atoms with E-state index in [0.29, 0.717) is 93.7 Å². The van der Waals surface area contributed by atoms with Crippen LogP contribution in [0.4, 0.5) is 0 Å². The average Bonchev–Trinajstić information content (AvgIpc) is 0.910. The first-order chi connectivity index (χ1) is 60.6. The summed E-state index contributed by atoms with van der Waals surface area (Å²) >= 11 is 0. The molecule has 14 aliphatic rings. The Balaban J connectivity index is 0.000000147. The number of nitrogens with zero attached hydrogens (tertiary/aromatic N) is 3. The van der Waals surface area contributed by atoms with Crippen molar-refractivity contribution in [1.29, 1.82) is 0 Å². The summed E-state index contributed by atoms with van der Waals surface area (Å²) in [6.45, 7) is 29.1. The third-order valence-electron chi connectivity index (χ3n) is 32.1. The zero-order valence-electron chi connectivity index (χ0n) is 75.7. The molecule has 9 aliphatic carbocycles. The number of aromatic carboxylic acids is 1. The molecule has 686 valence electrons. The van der Waals surface area contributed by atoms with E-state index >= 15 is 0 Å². The Hall–Kier alpha value is -8.42. The van der Waals surface area contributed by atoms with E-state index in [4.69, 9.17) is 14.5 Å². The maximum atomic E-state index is 14.0. The quantitative estimate of drug-likeness (QED) is 0.0240. The minimum absolute atomic E-state index is 0.0730. The van der Waals surface area contributed by atoms with Crippen molar-refractivity contribution in [3.8, 4) is 33.4 Å². The Morgan fingerprint density at radius 1 is 0.402 bits per heavy atom. The molecule has 14 N–H and O–H groups in total. The highest BCUT2D eigenvalue weighted by Gasteiger charge is 2.61. The second-order valence-electron chi connectivity index (χ2n) is 40.7. The van der Waals surface area contributed by atoms with E-state index in [9.17, 15) is 64.5 Å². The second-order valence-corrected chi connectivity index (χ2v) is 40.7. The number of aliphatic hydroxyl groups excluding tert-OH is 6. The fourth-order valence-corrected chi connectivity index (χ4v) is 24.1. The van der Waals surface area contributed by atoms with E-state index in [2.05, 4.69) is 99.5 Å². The summed E-state index contributed by atoms with van der Waals surface area (Å²) in [5.74, 6) is 1.31. The molecule has 0 unspecified atom stereocenters. The lowest BCUT2D eigenvalue weighted by Gasteiger charge is -2.62. The van der Waals surface area contributed by atoms with E-state index in [1.807, 2.05) is 127 Å². The Kier molecular flexibility index (Phi) is 28.6. The van der Waals surface area contributed by atoms with Crippen molar-refractivity contribution in [2.45, 2.75) is 239 Å². The minimum atomic E-state index is -0.986. The summed E-state index contributed by atoms with van der Waals surface area (Å²) in [7, 11) is 0. The first kappa shape index (κ1) is 93.3. The Morgan fingerprint density at radius 2 is 0.677 bits per heavy atom. The number of carbonyl (C=O) groups is 6. The van der Waals surface area contributed by atoms with Crippen LogP contribution in [0, 0.1) is 87.3 Å². The number of carboxylic acids is 1. The van der Waals surface area contributed by atoms with Crippen LogP contribution >= 0.6 is 0 Å². The fraction of sp³-hybridized carbons (Fsp3) is 0.584. The van der Waals surface area contributed by atoms with Crippen LogP contribution in [0.15, 0.2) is 146 Å². The van der Waals surface area contributed by atoms with Crippen molar-refractivity contribution in [2.24, 2.45) is 87.3 Å². The number of carboxylic acid groups (broad SMARTS) is 1. The number of fused-ring (bicyclic) bond motifs is 6. The molecule has 5 heterocycles. The molecule has 9 saturated carbocycles. The molecule has 0 spiro atoms. The number of rotatable bonds is 26. The van der Waals surface area contributed by atoms with Gasteiger partial charge in [-0.25, -0.2) is 4.79 Å². The molecule has 14 fully saturated rings. The van der Waals surface area contributed by atoms with Gasteiger partial charge in [-0.3, -0.25) is 38.5 Å². The lowest BCUT2D eigenvalue weighted by atomic mass is 9.45. The third kappa shape index (κ3) is 19.5. The van der Waals surface area contributed by atoms with Crippen LogP contribution in [0.3, 0.4) is 0 Å². The Morgan fingerprint density at radius 3 is 0.929 bits per heavy atom. The SMILES string of the molecule is C[C@@H]1[C@@H](NC(=O)[C@@H]2[C@H]([C@H](C)O)[C@H](CO)ON2Cc2cccc(-c3cccc(C(=O)N[C@H]4CCNC4)c3)c2)C[C@H]2C[C@@H]1C2(C)C.C[C@@H]1[C@@H](NC(=O)[C@@H]2[C@H]([C@H](C)O)[C@H](CO)ON2Cc2cccc(-c3cccc(C(=O)N[C@H]4CCNC4)c3)c2)C[C@H]2C[C@@H]1C2(C)C.C[C@@H]1[C@@H](NC(=O)[C@@H]2[C@H]([C@H](C)O)[C@H](CO)ON2Cc2cccc(-c3cccc(C(=O)O)c3)c2)C[C@H]2C[C@@H]1C2(C)C. The average molecular weight is 1750 g/mol. The number of hydrogen-bond donors (Lipinski definition) is 14. The number of benzene rings is 6. The number of nitrogens with one attached hydrogen (secondary N) is 7. The van der Waals surface area contributed by atoms with Gasteiger partial charge in [-0.15, -0.1) is 0 Å². The van der Waals surface area contributed by atoms with Crippen LogP contribution < -0.4 is 37.2 Å². The second kappa shape index (κ2) is 38.9. The molecular weight excluding hydrogens is 1610 g/mol. The van der Waals surface area contributed by atoms with Gasteiger partial charge in [0.15, 0.2) is 0 Å². The predicted octanol–water partition coefficient (Wildman–Crippen LogP) is 9.92. The Labute approximate surface area is 747 Å². The van der Waals surface area contributed by atoms with Crippen molar-refractivity contribution in [3.05, 3.63) is 179 Å². The Bertz CT molecular complexity index is 4690. The predicted molar refractivity (Wildman–Crippen MR) is 483 cm³/mol. The van der Waals surface area contributed by atoms with Gasteiger partial charge in [0.2, 0.25) is 17.7 Å². The van der Waals surface area contributed by atoms with Crippen LogP contribution in [-0.4, -0.2) is 217 Å². The lowest BCUT2D eigenvalue weighted by molar-refractivity contribution is -0.183. The molecule has 0 radical (unpaired) electrons. The number of hydroxylamine groups is 6. The van der Waals surface area contributed by atoms with Crippen molar-refractivity contribution < 1.29 is 79.0 Å². The summed E-state index contributed by atoms with van der Waals surface area (Å²) in [4.78, 5) is 97.4. The summed E-state index contributed by atoms with van der Waals surface area (Å²) in [5, 5.41) is 99.5. The van der Waals surface area contributed by atoms with Crippen molar-refractivity contribution in [2.75, 3.05) is 46.0 Å². The highest BCUT2D eigenvalue weighted by Crippen LogP contribution is 2.64. The molecule has 26 heteroatoms. The molecule has 6 bridgehead atoms. The van der Waals surface area contributed by atoms with Gasteiger partial charge >= 0.3 is 5.97 Å². The lowest BCUT2D eigenvalue weighted by Crippen LogP contribution is -2.62. The third-order valence-corrected chi connectivity index (χ3v) is 32.1. The zero-order valence-corrected chi connectivity index (χ0v) is 75.7. The van der Waals surface area contributed by atoms with Crippen LogP contribution in [0.1, 0.15) is 182 Å². The van der Waals surface area contributed by atoms with Crippen LogP contribution in [-0.2, 0) is 48.5 Å². The molecule has 5 saturated heterocycles. The molecule has 26 nitrogen and oxygen atoms in total. The van der Waals surface area contributed by atoms with Gasteiger partial charge in [0.1, 0.15) is 36.4 Å². The van der Waals surface area contributed by atoms with Crippen molar-refractivity contribution in [3.63, 3.8) is 0 Å². The topological polar surface area (TPSA) is 366 Å². The fourth-order valence-electron chi connectivity index (χ4n) is 24.1. The minimum Gasteiger partial charge on any atom is -0.478 e. The zero-order chi connectivity index (χ0) is 90.4. The van der Waals surface area contributed by atoms with Gasteiger partial charge in [-0.05, 0) is 259 Å². The first-order valence-electron chi connectivity index (χ1n) is 46.6. The highest BCUT2D eigenvalue weighted by molar-refractivity contribution is 5.97. The first-order valence-corrected chi connectivity index (χ1v) is 46.6. The normalized spacial score (nSPS) is 33.1. The molecule has 0 aromatic heterocycles. The van der Waals surface area contributed by atoms with Gasteiger partial charge in [-0.1, -0.05) is 153 Å². The maximum Gasteiger partial charge on any atom is 0.335 e. The smallest absolute Gasteiger partial charge is 0.335 e. The molecule has 5 amide bonds. The van der Waals surface area contributed by atoms with Crippen LogP contribution in [0.5, 0.6) is 0 Å². The number of carbonyl (C=O) groups excluding carboxylic acids is 5. The molecule has 5 aliphatic heterocycles. The van der Waals surface area contributed by atoms with E-state index in [-0.39, 0.29) is 91.7 Å². The summed E-state index contributed by atoms with van der Waals surface area (Å²) in [6, 6.07) is 43.9. The standard InChI is InChI=1S/2C35H48N4O5.C31H40N2O6/c2*1-20-28-15-26(35(28,3)4)16-29(20)38-34(43)32-31(21(2)41)30(19-40)44-39(32)18-22-7-5-8-23(13-22)24-9-6-10-25(14-24)33(42)37-27-11-12-36-17-27;1-17-24-13-23(31(24,3)4)14-25(17)32-29(36)28-27(18(2)35)26(16-34)39-33(28)15-19-7-5-8-20(11-19)21-9-6-10-22(12-21)30(37)38/h2*5-10,13-14,20-21,26-32,36,40-41H,11-12,15-19H2,1-4H3,(H,37,42)(H,38,43);5-12,17-18,23-28,34-35H,13-16H2,1-4H3,(H,32,36)(H,37,38)/t2*20-,21-,26+,27-,28-,29-,30-,31+,32-;17-,18-,23+,24-,25-,26-,27+,28-/m000/s1. The van der Waals surface area contributed by atoms with Gasteiger partial charge in [0.25, 0.3) is 11.8 Å². The number of hydrogen-bond acceptors (Lipinski definition) is 20. The van der Waals surface area contributed by atoms with E-state index in [1.54, 1.807) is 54.2 Å². The van der Waals surface area contributed by atoms with Gasteiger partial charge in [-0.2, -0.15) is 15.2 Å². The molecule has 6 aromatic rings. The summed E-state index contributed by atoms with van der Waals surface area (Å²) in [6.07, 6.45) is 3.78. The number of aliphatic hydroxyl groups is 6. The maximum absolute atomic E-state index is 14.0. The molecule has 26 atom stereocenters. The van der Waals surface area contributed by atoms with E-state index in [1.165, 1.54) is 19.3 Å².